The van der Waals surface area contributed by atoms with E-state index in [0.717, 1.165) is 15.4 Å². The van der Waals surface area contributed by atoms with Gasteiger partial charge in [-0.1, -0.05) is 60.7 Å². The number of hydrogen-bond donors (Lipinski definition) is 1. The Morgan fingerprint density at radius 1 is 1.03 bits per heavy atom. The zero-order valence-corrected chi connectivity index (χ0v) is 18.7. The molecule has 0 aromatic heterocycles. The van der Waals surface area contributed by atoms with Crippen LogP contribution in [0, 0.1) is 6.92 Å². The number of ether oxygens (including phenoxy) is 1. The zero-order chi connectivity index (χ0) is 23.0. The van der Waals surface area contributed by atoms with Crippen LogP contribution in [-0.4, -0.2) is 38.5 Å². The molecule has 32 heavy (non-hydrogen) atoms. The van der Waals surface area contributed by atoms with Crippen LogP contribution in [-0.2, 0) is 21.4 Å². The number of methoxy groups -OCH3 is 1. The third-order valence-corrected chi connectivity index (χ3v) is 6.52. The maximum absolute atomic E-state index is 13.4. The Morgan fingerprint density at radius 3 is 2.31 bits per heavy atom. The quantitative estimate of drug-likeness (QED) is 0.399. The number of aryl methyl sites for hydroxylation is 1. The normalized spacial score (nSPS) is 11.6. The van der Waals surface area contributed by atoms with Gasteiger partial charge in [0.25, 0.3) is 5.91 Å². The fraction of sp³-hybridized carbons (Fsp3) is 0.167. The van der Waals surface area contributed by atoms with Crippen LogP contribution >= 0.6 is 0 Å². The van der Waals surface area contributed by atoms with Crippen LogP contribution in [0.4, 0.5) is 0 Å². The first-order valence-corrected chi connectivity index (χ1v) is 11.4. The van der Waals surface area contributed by atoms with Gasteiger partial charge in [0.05, 0.1) is 24.8 Å². The van der Waals surface area contributed by atoms with E-state index in [1.807, 2.05) is 60.7 Å². The summed E-state index contributed by atoms with van der Waals surface area (Å²) in [5.74, 6) is 0.0495. The first-order chi connectivity index (χ1) is 15.4. The van der Waals surface area contributed by atoms with Crippen molar-refractivity contribution in [3.05, 3.63) is 95.6 Å². The van der Waals surface area contributed by atoms with Gasteiger partial charge in [0.1, 0.15) is 5.75 Å². The topological polar surface area (TPSA) is 88.1 Å². The van der Waals surface area contributed by atoms with Crippen LogP contribution < -0.4 is 10.2 Å². The maximum Gasteiger partial charge on any atom is 0.255 e. The minimum Gasteiger partial charge on any atom is -0.496 e. The van der Waals surface area contributed by atoms with Gasteiger partial charge in [-0.2, -0.15) is 9.41 Å². The summed E-state index contributed by atoms with van der Waals surface area (Å²) in [4.78, 5) is 12.6. The van der Waals surface area contributed by atoms with E-state index in [2.05, 4.69) is 10.5 Å². The monoisotopic (exact) mass is 451 g/mol. The summed E-state index contributed by atoms with van der Waals surface area (Å²) in [6.07, 6.45) is 1.50. The number of rotatable bonds is 9. The third kappa shape index (κ3) is 6.03. The summed E-state index contributed by atoms with van der Waals surface area (Å²) in [5.41, 5.74) is 4.67. The summed E-state index contributed by atoms with van der Waals surface area (Å²) in [6, 6.07) is 23.0. The van der Waals surface area contributed by atoms with E-state index in [0.29, 0.717) is 11.3 Å². The largest absolute Gasteiger partial charge is 0.496 e. The molecule has 3 rings (SSSR count). The van der Waals surface area contributed by atoms with Gasteiger partial charge in [0.15, 0.2) is 0 Å². The van der Waals surface area contributed by atoms with E-state index < -0.39 is 15.9 Å². The number of hydrogen-bond acceptors (Lipinski definition) is 5. The van der Waals surface area contributed by atoms with E-state index in [1.165, 1.54) is 25.5 Å². The Morgan fingerprint density at radius 2 is 1.69 bits per heavy atom. The van der Waals surface area contributed by atoms with Gasteiger partial charge >= 0.3 is 0 Å². The predicted octanol–water partition coefficient (Wildman–Crippen LogP) is 3.34. The van der Waals surface area contributed by atoms with Crippen molar-refractivity contribution in [3.63, 3.8) is 0 Å². The molecule has 0 aliphatic rings. The summed E-state index contributed by atoms with van der Waals surface area (Å²) < 4.78 is 33.1. The van der Waals surface area contributed by atoms with Crippen LogP contribution in [0.1, 0.15) is 16.7 Å². The fourth-order valence-electron chi connectivity index (χ4n) is 3.09. The van der Waals surface area contributed by atoms with E-state index in [-0.39, 0.29) is 18.0 Å². The van der Waals surface area contributed by atoms with Gasteiger partial charge in [0.2, 0.25) is 10.0 Å². The molecule has 0 saturated carbocycles. The summed E-state index contributed by atoms with van der Waals surface area (Å²) >= 11 is 0. The lowest BCUT2D eigenvalue weighted by Crippen LogP contribution is -2.39. The molecule has 0 spiro atoms. The number of hydrazone groups is 1. The van der Waals surface area contributed by atoms with Crippen LogP contribution in [0.3, 0.4) is 0 Å². The van der Waals surface area contributed by atoms with Gasteiger partial charge in [-0.25, -0.2) is 13.8 Å². The molecule has 0 aliphatic heterocycles. The molecule has 1 N–H and O–H groups in total. The highest BCUT2D eigenvalue weighted by Crippen LogP contribution is 2.24. The Labute approximate surface area is 188 Å². The summed E-state index contributed by atoms with van der Waals surface area (Å²) in [7, 11) is -2.43. The van der Waals surface area contributed by atoms with E-state index in [4.69, 9.17) is 4.74 Å². The summed E-state index contributed by atoms with van der Waals surface area (Å²) in [5, 5.41) is 3.93. The number of nitrogens with one attached hydrogen (secondary N) is 1. The second-order valence-corrected chi connectivity index (χ2v) is 9.03. The smallest absolute Gasteiger partial charge is 0.255 e. The van der Waals surface area contributed by atoms with Gasteiger partial charge in [0, 0.05) is 6.54 Å². The molecule has 0 fully saturated rings. The maximum atomic E-state index is 13.4. The van der Waals surface area contributed by atoms with Crippen molar-refractivity contribution >= 4 is 22.1 Å². The SMILES string of the molecule is COc1ccc(S(=O)(=O)N(CC(=O)N/N=C/c2ccccc2)Cc2ccccc2)cc1C. The molecule has 0 heterocycles. The molecule has 0 saturated heterocycles. The standard InChI is InChI=1S/C24H25N3O4S/c1-19-15-22(13-14-23(19)31-2)32(29,30)27(17-21-11-7-4-8-12-21)18-24(28)26-25-16-20-9-5-3-6-10-20/h3-16H,17-18H2,1-2H3,(H,26,28)/b25-16+. The van der Waals surface area contributed by atoms with Crippen molar-refractivity contribution in [2.45, 2.75) is 18.4 Å². The van der Waals surface area contributed by atoms with E-state index in [1.54, 1.807) is 13.0 Å². The Kier molecular flexibility index (Phi) is 7.75. The molecule has 3 aromatic rings. The number of nitrogens with zero attached hydrogens (tertiary/aromatic N) is 2. The van der Waals surface area contributed by atoms with Crippen LogP contribution in [0.5, 0.6) is 5.75 Å². The molecular formula is C24H25N3O4S. The molecule has 0 unspecified atom stereocenters. The molecule has 1 amide bonds. The highest BCUT2D eigenvalue weighted by molar-refractivity contribution is 7.89. The molecule has 0 atom stereocenters. The van der Waals surface area contributed by atoms with Gasteiger partial charge < -0.3 is 4.74 Å². The van der Waals surface area contributed by atoms with Crippen LogP contribution in [0.15, 0.2) is 88.9 Å². The molecule has 3 aromatic carbocycles. The van der Waals surface area contributed by atoms with Gasteiger partial charge in [-0.3, -0.25) is 4.79 Å². The molecule has 8 heteroatoms. The second-order valence-electron chi connectivity index (χ2n) is 7.09. The Bertz CT molecular complexity index is 1180. The number of carbonyl (C=O) groups excluding carboxylic acids is 1. The number of sulfonamides is 1. The second kappa shape index (κ2) is 10.7. The van der Waals surface area contributed by atoms with Gasteiger partial charge in [-0.05, 0) is 41.8 Å². The van der Waals surface area contributed by atoms with Crippen molar-refractivity contribution in [1.29, 1.82) is 0 Å². The van der Waals surface area contributed by atoms with Crippen molar-refractivity contribution < 1.29 is 17.9 Å². The molecule has 0 radical (unpaired) electrons. The minimum atomic E-state index is -3.95. The van der Waals surface area contributed by atoms with Crippen molar-refractivity contribution in [3.8, 4) is 5.75 Å². The average Bonchev–Trinajstić information content (AvgIpc) is 2.80. The van der Waals surface area contributed by atoms with Crippen LogP contribution in [0.25, 0.3) is 0 Å². The number of amides is 1. The molecule has 166 valence electrons. The zero-order valence-electron chi connectivity index (χ0n) is 17.9. The van der Waals surface area contributed by atoms with Crippen molar-refractivity contribution in [2.24, 2.45) is 5.10 Å². The molecule has 0 aliphatic carbocycles. The number of benzene rings is 3. The Balaban J connectivity index is 1.82. The fourth-order valence-corrected chi connectivity index (χ4v) is 4.56. The first-order valence-electron chi connectivity index (χ1n) is 9.96. The highest BCUT2D eigenvalue weighted by Gasteiger charge is 2.27. The lowest BCUT2D eigenvalue weighted by atomic mass is 10.2. The van der Waals surface area contributed by atoms with Crippen molar-refractivity contribution in [1.82, 2.24) is 9.73 Å². The molecule has 0 bridgehead atoms. The molecular weight excluding hydrogens is 426 g/mol. The predicted molar refractivity (Wildman–Crippen MR) is 124 cm³/mol. The highest BCUT2D eigenvalue weighted by atomic mass is 32.2. The van der Waals surface area contributed by atoms with Crippen LogP contribution in [0.2, 0.25) is 0 Å². The van der Waals surface area contributed by atoms with E-state index in [9.17, 15) is 13.2 Å². The van der Waals surface area contributed by atoms with E-state index >= 15 is 0 Å². The number of carbonyl (C=O) groups is 1. The molecule has 7 nitrogen and oxygen atoms in total. The lowest BCUT2D eigenvalue weighted by molar-refractivity contribution is -0.121. The Hall–Kier alpha value is -3.49. The first kappa shape index (κ1) is 23.2. The lowest BCUT2D eigenvalue weighted by Gasteiger charge is -2.22. The summed E-state index contributed by atoms with van der Waals surface area (Å²) in [6.45, 7) is 1.43. The van der Waals surface area contributed by atoms with Crippen molar-refractivity contribution in [2.75, 3.05) is 13.7 Å². The third-order valence-electron chi connectivity index (χ3n) is 4.73. The minimum absolute atomic E-state index is 0.0457. The average molecular weight is 452 g/mol. The van der Waals surface area contributed by atoms with Gasteiger partial charge in [-0.15, -0.1) is 0 Å².